The molecular weight excluding hydrogens is 275 g/mol. The van der Waals surface area contributed by atoms with E-state index in [4.69, 9.17) is 9.26 Å². The van der Waals surface area contributed by atoms with Gasteiger partial charge in [-0.3, -0.25) is 4.79 Å². The zero-order valence-electron chi connectivity index (χ0n) is 12.0. The third-order valence-electron chi connectivity index (χ3n) is 3.00. The van der Waals surface area contributed by atoms with Crippen molar-refractivity contribution in [1.29, 1.82) is 0 Å². The molecule has 112 valence electrons. The molecule has 21 heavy (non-hydrogen) atoms. The van der Waals surface area contributed by atoms with Gasteiger partial charge in [-0.1, -0.05) is 31.1 Å². The van der Waals surface area contributed by atoms with Crippen molar-refractivity contribution in [3.05, 3.63) is 47.4 Å². The Morgan fingerprint density at radius 3 is 2.95 bits per heavy atom. The summed E-state index contributed by atoms with van der Waals surface area (Å²) >= 11 is 0. The Kier molecular flexibility index (Phi) is 5.03. The van der Waals surface area contributed by atoms with Crippen LogP contribution in [0, 0.1) is 11.7 Å². The van der Waals surface area contributed by atoms with E-state index < -0.39 is 0 Å². The van der Waals surface area contributed by atoms with Gasteiger partial charge in [0.25, 0.3) is 5.89 Å². The molecular formula is C15H17FN2O3. The van der Waals surface area contributed by atoms with Crippen LogP contribution in [0.1, 0.15) is 31.1 Å². The summed E-state index contributed by atoms with van der Waals surface area (Å²) in [4.78, 5) is 15.9. The number of nitrogens with zero attached hydrogens (tertiary/aromatic N) is 2. The maximum absolute atomic E-state index is 13.1. The van der Waals surface area contributed by atoms with Crippen LogP contribution in [-0.2, 0) is 29.0 Å². The lowest BCUT2D eigenvalue weighted by atomic mass is 10.0. The molecule has 0 N–H and O–H groups in total. The summed E-state index contributed by atoms with van der Waals surface area (Å²) in [7, 11) is 0. The van der Waals surface area contributed by atoms with Crippen LogP contribution in [-0.4, -0.2) is 16.1 Å². The molecule has 0 saturated heterocycles. The van der Waals surface area contributed by atoms with E-state index in [-0.39, 0.29) is 30.2 Å². The van der Waals surface area contributed by atoms with Gasteiger partial charge in [-0.05, 0) is 24.1 Å². The molecule has 0 fully saturated rings. The number of rotatable bonds is 6. The fraction of sp³-hybridized carbons (Fsp3) is 0.400. The molecule has 1 aromatic heterocycles. The largest absolute Gasteiger partial charge is 0.455 e. The first-order valence-corrected chi connectivity index (χ1v) is 6.81. The maximum Gasteiger partial charge on any atom is 0.309 e. The van der Waals surface area contributed by atoms with E-state index in [0.717, 1.165) is 5.56 Å². The van der Waals surface area contributed by atoms with E-state index in [9.17, 15) is 9.18 Å². The van der Waals surface area contributed by atoms with Gasteiger partial charge < -0.3 is 9.26 Å². The predicted molar refractivity (Wildman–Crippen MR) is 72.7 cm³/mol. The summed E-state index contributed by atoms with van der Waals surface area (Å²) in [5.74, 6) is -0.214. The van der Waals surface area contributed by atoms with Gasteiger partial charge in [-0.15, -0.1) is 0 Å². The second-order valence-corrected chi connectivity index (χ2v) is 4.80. The van der Waals surface area contributed by atoms with Crippen LogP contribution in [0.2, 0.25) is 0 Å². The average Bonchev–Trinajstić information content (AvgIpc) is 2.92. The van der Waals surface area contributed by atoms with Crippen molar-refractivity contribution in [2.75, 3.05) is 0 Å². The summed E-state index contributed by atoms with van der Waals surface area (Å²) in [6, 6.07) is 6.18. The Morgan fingerprint density at radius 1 is 1.48 bits per heavy atom. The lowest BCUT2D eigenvalue weighted by molar-refractivity contribution is -0.150. The van der Waals surface area contributed by atoms with Gasteiger partial charge in [-0.2, -0.15) is 4.98 Å². The number of ether oxygens (including phenoxy) is 1. The number of benzene rings is 1. The Balaban J connectivity index is 1.85. The van der Waals surface area contributed by atoms with Gasteiger partial charge in [0.15, 0.2) is 12.4 Å². The number of aryl methyl sites for hydroxylation is 1. The Labute approximate surface area is 122 Å². The highest BCUT2D eigenvalue weighted by atomic mass is 19.1. The molecule has 2 aromatic rings. The van der Waals surface area contributed by atoms with E-state index in [0.29, 0.717) is 18.7 Å². The molecule has 0 saturated carbocycles. The molecule has 1 unspecified atom stereocenters. The molecule has 0 spiro atoms. The minimum Gasteiger partial charge on any atom is -0.455 e. The average molecular weight is 292 g/mol. The molecule has 0 bridgehead atoms. The second-order valence-electron chi connectivity index (χ2n) is 4.80. The molecule has 0 radical (unpaired) electrons. The molecule has 0 aliphatic rings. The molecule has 0 aliphatic carbocycles. The first kappa shape index (κ1) is 15.2. The molecule has 2 rings (SSSR count). The summed E-state index contributed by atoms with van der Waals surface area (Å²) in [6.45, 7) is 3.60. The minimum atomic E-state index is -0.379. The minimum absolute atomic E-state index is 0.0423. The summed E-state index contributed by atoms with van der Waals surface area (Å²) in [5.41, 5.74) is 0.755. The zero-order valence-corrected chi connectivity index (χ0v) is 12.0. The van der Waals surface area contributed by atoms with Gasteiger partial charge in [0.2, 0.25) is 0 Å². The van der Waals surface area contributed by atoms with Crippen LogP contribution >= 0.6 is 0 Å². The Bertz CT molecular complexity index is 612. The van der Waals surface area contributed by atoms with Gasteiger partial charge in [0.1, 0.15) is 5.82 Å². The summed E-state index contributed by atoms with van der Waals surface area (Å²) in [5, 5.41) is 3.72. The Hall–Kier alpha value is -2.24. The van der Waals surface area contributed by atoms with E-state index in [2.05, 4.69) is 10.1 Å². The molecule has 5 nitrogen and oxygen atoms in total. The fourth-order valence-electron chi connectivity index (χ4n) is 1.87. The number of carbonyl (C=O) groups is 1. The summed E-state index contributed by atoms with van der Waals surface area (Å²) < 4.78 is 23.1. The monoisotopic (exact) mass is 292 g/mol. The number of aromatic nitrogens is 2. The van der Waals surface area contributed by atoms with Gasteiger partial charge in [0.05, 0.1) is 5.92 Å². The third-order valence-corrected chi connectivity index (χ3v) is 3.00. The van der Waals surface area contributed by atoms with E-state index >= 15 is 0 Å². The predicted octanol–water partition coefficient (Wildman–Crippen LogP) is 2.69. The smallest absolute Gasteiger partial charge is 0.309 e. The number of halogens is 1. The normalized spacial score (nSPS) is 12.1. The molecule has 6 heteroatoms. The lowest BCUT2D eigenvalue weighted by Gasteiger charge is -2.10. The summed E-state index contributed by atoms with van der Waals surface area (Å²) in [6.07, 6.45) is 1.08. The van der Waals surface area contributed by atoms with E-state index in [1.54, 1.807) is 19.1 Å². The van der Waals surface area contributed by atoms with Crippen molar-refractivity contribution in [2.45, 2.75) is 33.3 Å². The second kappa shape index (κ2) is 6.97. The van der Waals surface area contributed by atoms with Crippen molar-refractivity contribution < 1.29 is 18.4 Å². The number of hydrogen-bond donors (Lipinski definition) is 0. The van der Waals surface area contributed by atoms with Crippen molar-refractivity contribution in [3.8, 4) is 0 Å². The highest BCUT2D eigenvalue weighted by molar-refractivity contribution is 5.72. The van der Waals surface area contributed by atoms with Gasteiger partial charge in [-0.25, -0.2) is 4.39 Å². The fourth-order valence-corrected chi connectivity index (χ4v) is 1.87. The van der Waals surface area contributed by atoms with Crippen LogP contribution in [0.3, 0.4) is 0 Å². The maximum atomic E-state index is 13.1. The first-order chi connectivity index (χ1) is 10.1. The Morgan fingerprint density at radius 2 is 2.29 bits per heavy atom. The molecule has 1 heterocycles. The van der Waals surface area contributed by atoms with Gasteiger partial charge in [0, 0.05) is 6.42 Å². The third kappa shape index (κ3) is 4.37. The lowest BCUT2D eigenvalue weighted by Crippen LogP contribution is -2.17. The van der Waals surface area contributed by atoms with E-state index in [1.165, 1.54) is 12.1 Å². The highest BCUT2D eigenvalue weighted by Gasteiger charge is 2.17. The van der Waals surface area contributed by atoms with E-state index in [1.807, 2.05) is 6.92 Å². The molecule has 0 amide bonds. The molecule has 0 aliphatic heterocycles. The quantitative estimate of drug-likeness (QED) is 0.766. The van der Waals surface area contributed by atoms with Gasteiger partial charge >= 0.3 is 5.97 Å². The zero-order chi connectivity index (χ0) is 15.2. The van der Waals surface area contributed by atoms with Crippen molar-refractivity contribution in [1.82, 2.24) is 10.1 Å². The van der Waals surface area contributed by atoms with Crippen LogP contribution in [0.5, 0.6) is 0 Å². The highest BCUT2D eigenvalue weighted by Crippen LogP contribution is 2.12. The topological polar surface area (TPSA) is 65.2 Å². The standard InChI is InChI=1S/C15H17FN2O3/c1-3-13-17-14(21-18-13)9-20-15(19)10(2)7-11-5-4-6-12(16)8-11/h4-6,8,10H,3,7,9H2,1-2H3. The van der Waals surface area contributed by atoms with Crippen molar-refractivity contribution >= 4 is 5.97 Å². The van der Waals surface area contributed by atoms with Crippen LogP contribution in [0.25, 0.3) is 0 Å². The number of esters is 1. The first-order valence-electron chi connectivity index (χ1n) is 6.81. The van der Waals surface area contributed by atoms with Crippen LogP contribution in [0.4, 0.5) is 4.39 Å². The van der Waals surface area contributed by atoms with Crippen LogP contribution < -0.4 is 0 Å². The SMILES string of the molecule is CCc1noc(COC(=O)C(C)Cc2cccc(F)c2)n1. The number of carbonyl (C=O) groups excluding carboxylic acids is 1. The van der Waals surface area contributed by atoms with Crippen molar-refractivity contribution in [3.63, 3.8) is 0 Å². The molecule has 1 aromatic carbocycles. The van der Waals surface area contributed by atoms with Crippen LogP contribution in [0.15, 0.2) is 28.8 Å². The number of hydrogen-bond acceptors (Lipinski definition) is 5. The van der Waals surface area contributed by atoms with Crippen molar-refractivity contribution in [2.24, 2.45) is 5.92 Å². The molecule has 1 atom stereocenters.